The molecule has 136 valence electrons. The van der Waals surface area contributed by atoms with Crippen molar-refractivity contribution in [3.8, 4) is 0 Å². The van der Waals surface area contributed by atoms with Crippen molar-refractivity contribution in [3.63, 3.8) is 0 Å². The quantitative estimate of drug-likeness (QED) is 0.743. The van der Waals surface area contributed by atoms with Crippen molar-refractivity contribution in [2.75, 3.05) is 6.61 Å². The molecule has 1 amide bonds. The molecule has 25 heavy (non-hydrogen) atoms. The van der Waals surface area contributed by atoms with Gasteiger partial charge in [-0.1, -0.05) is 44.9 Å². The van der Waals surface area contributed by atoms with Crippen LogP contribution in [0.5, 0.6) is 0 Å². The molecule has 0 fully saturated rings. The van der Waals surface area contributed by atoms with Gasteiger partial charge in [-0.3, -0.25) is 4.79 Å². The first-order valence-corrected chi connectivity index (χ1v) is 8.89. The lowest BCUT2D eigenvalue weighted by molar-refractivity contribution is -0.124. The molecule has 0 radical (unpaired) electrons. The zero-order chi connectivity index (χ0) is 18.4. The van der Waals surface area contributed by atoms with Crippen LogP contribution in [0.25, 0.3) is 10.9 Å². The van der Waals surface area contributed by atoms with Crippen LogP contribution in [-0.2, 0) is 16.6 Å². The van der Waals surface area contributed by atoms with Crippen LogP contribution in [0.1, 0.15) is 50.4 Å². The second kappa shape index (κ2) is 8.70. The number of ether oxygens (including phenoxy) is 1. The maximum absolute atomic E-state index is 12.3. The normalized spacial score (nSPS) is 12.4. The molecule has 1 aromatic heterocycles. The van der Waals surface area contributed by atoms with Crippen molar-refractivity contribution in [1.82, 2.24) is 9.88 Å². The molecule has 1 atom stereocenters. The second-order valence-corrected chi connectivity index (χ2v) is 7.04. The molecule has 0 aliphatic rings. The van der Waals surface area contributed by atoms with E-state index in [1.165, 1.54) is 0 Å². The number of aryl methyl sites for hydroxylation is 1. The summed E-state index contributed by atoms with van der Waals surface area (Å²) in [5, 5.41) is 3.71. The van der Waals surface area contributed by atoms with Crippen molar-refractivity contribution < 1.29 is 14.3 Å². The molecule has 0 bridgehead atoms. The van der Waals surface area contributed by atoms with Gasteiger partial charge in [0.15, 0.2) is 6.61 Å². The van der Waals surface area contributed by atoms with Gasteiger partial charge in [0.05, 0.1) is 5.56 Å². The zero-order valence-electron chi connectivity index (χ0n) is 15.5. The highest BCUT2D eigenvalue weighted by Crippen LogP contribution is 2.20. The van der Waals surface area contributed by atoms with Gasteiger partial charge in [-0.15, -0.1) is 0 Å². The van der Waals surface area contributed by atoms with Gasteiger partial charge in [0.25, 0.3) is 5.91 Å². The summed E-state index contributed by atoms with van der Waals surface area (Å²) in [7, 11) is 1.88. The summed E-state index contributed by atoms with van der Waals surface area (Å²) in [6.07, 6.45) is 4.89. The van der Waals surface area contributed by atoms with E-state index in [1.54, 1.807) is 6.20 Å². The first-order chi connectivity index (χ1) is 11.9. The fourth-order valence-electron chi connectivity index (χ4n) is 2.93. The number of nitrogens with one attached hydrogen (secondary N) is 1. The Balaban J connectivity index is 1.84. The monoisotopic (exact) mass is 344 g/mol. The largest absolute Gasteiger partial charge is 0.452 e. The molecular formula is C20H28N2O3. The van der Waals surface area contributed by atoms with Crippen LogP contribution in [0.4, 0.5) is 0 Å². The number of para-hydroxylation sites is 1. The van der Waals surface area contributed by atoms with E-state index in [4.69, 9.17) is 4.74 Å². The predicted molar refractivity (Wildman–Crippen MR) is 99.5 cm³/mol. The number of amides is 1. The van der Waals surface area contributed by atoms with Crippen molar-refractivity contribution in [2.24, 2.45) is 13.0 Å². The Morgan fingerprint density at radius 1 is 1.16 bits per heavy atom. The van der Waals surface area contributed by atoms with Crippen LogP contribution in [0, 0.1) is 5.92 Å². The highest BCUT2D eigenvalue weighted by molar-refractivity contribution is 6.04. The van der Waals surface area contributed by atoms with Crippen molar-refractivity contribution in [2.45, 2.75) is 46.1 Å². The van der Waals surface area contributed by atoms with E-state index in [2.05, 4.69) is 19.2 Å². The average molecular weight is 344 g/mol. The van der Waals surface area contributed by atoms with Gasteiger partial charge in [-0.2, -0.15) is 0 Å². The van der Waals surface area contributed by atoms with E-state index >= 15 is 0 Å². The molecule has 0 spiro atoms. The lowest BCUT2D eigenvalue weighted by atomic mass is 10.0. The summed E-state index contributed by atoms with van der Waals surface area (Å²) in [6, 6.07) is 7.71. The summed E-state index contributed by atoms with van der Waals surface area (Å²) < 4.78 is 7.07. The number of hydrogen-bond acceptors (Lipinski definition) is 3. The first kappa shape index (κ1) is 19.0. The fraction of sp³-hybridized carbons (Fsp3) is 0.500. The SMILES string of the molecule is CC(C)CCCC(C)NC(=O)COC(=O)c1cn(C)c2ccccc12. The summed E-state index contributed by atoms with van der Waals surface area (Å²) in [6.45, 7) is 6.10. The van der Waals surface area contributed by atoms with E-state index in [1.807, 2.05) is 42.8 Å². The van der Waals surface area contributed by atoms with Crippen molar-refractivity contribution in [3.05, 3.63) is 36.0 Å². The maximum Gasteiger partial charge on any atom is 0.340 e. The number of hydrogen-bond donors (Lipinski definition) is 1. The number of fused-ring (bicyclic) bond motifs is 1. The molecule has 2 rings (SSSR count). The van der Waals surface area contributed by atoms with Crippen LogP contribution in [0.3, 0.4) is 0 Å². The zero-order valence-corrected chi connectivity index (χ0v) is 15.5. The van der Waals surface area contributed by atoms with Gasteiger partial charge in [0, 0.05) is 30.2 Å². The minimum absolute atomic E-state index is 0.0857. The fourth-order valence-corrected chi connectivity index (χ4v) is 2.93. The predicted octanol–water partition coefficient (Wildman–Crippen LogP) is 3.67. The Morgan fingerprint density at radius 2 is 1.88 bits per heavy atom. The van der Waals surface area contributed by atoms with E-state index in [-0.39, 0.29) is 18.6 Å². The lowest BCUT2D eigenvalue weighted by Gasteiger charge is -2.14. The van der Waals surface area contributed by atoms with E-state index in [9.17, 15) is 9.59 Å². The highest BCUT2D eigenvalue weighted by Gasteiger charge is 2.16. The average Bonchev–Trinajstić information content (AvgIpc) is 2.90. The Labute approximate surface area is 149 Å². The third-order valence-corrected chi connectivity index (χ3v) is 4.28. The number of aromatic nitrogens is 1. The van der Waals surface area contributed by atoms with Crippen LogP contribution in [0.15, 0.2) is 30.5 Å². The van der Waals surface area contributed by atoms with E-state index in [0.29, 0.717) is 11.5 Å². The molecule has 0 aliphatic heterocycles. The minimum atomic E-state index is -0.473. The molecule has 2 aromatic rings. The molecule has 1 heterocycles. The van der Waals surface area contributed by atoms with Crippen LogP contribution < -0.4 is 5.32 Å². The number of rotatable bonds is 8. The van der Waals surface area contributed by atoms with E-state index < -0.39 is 5.97 Å². The van der Waals surface area contributed by atoms with Gasteiger partial charge in [0.2, 0.25) is 0 Å². The minimum Gasteiger partial charge on any atom is -0.452 e. The van der Waals surface area contributed by atoms with Crippen molar-refractivity contribution >= 4 is 22.8 Å². The maximum atomic E-state index is 12.3. The topological polar surface area (TPSA) is 60.3 Å². The molecule has 0 saturated heterocycles. The van der Waals surface area contributed by atoms with Crippen molar-refractivity contribution in [1.29, 1.82) is 0 Å². The van der Waals surface area contributed by atoms with Crippen LogP contribution in [0.2, 0.25) is 0 Å². The molecular weight excluding hydrogens is 316 g/mol. The highest BCUT2D eigenvalue weighted by atomic mass is 16.5. The van der Waals surface area contributed by atoms with Crippen LogP contribution >= 0.6 is 0 Å². The first-order valence-electron chi connectivity index (χ1n) is 8.89. The number of benzene rings is 1. The molecule has 0 aliphatic carbocycles. The van der Waals surface area contributed by atoms with Gasteiger partial charge < -0.3 is 14.6 Å². The van der Waals surface area contributed by atoms with Gasteiger partial charge in [-0.05, 0) is 25.3 Å². The Morgan fingerprint density at radius 3 is 2.60 bits per heavy atom. The standard InChI is InChI=1S/C20H28N2O3/c1-14(2)8-7-9-15(3)21-19(23)13-25-20(24)17-12-22(4)18-11-6-5-10-16(17)18/h5-6,10-12,14-15H,7-9,13H2,1-4H3,(H,21,23). The number of nitrogens with zero attached hydrogens (tertiary/aromatic N) is 1. The molecule has 0 saturated carbocycles. The third kappa shape index (κ3) is 5.34. The number of carbonyl (C=O) groups is 2. The summed E-state index contributed by atoms with van der Waals surface area (Å²) in [5.41, 5.74) is 1.44. The lowest BCUT2D eigenvalue weighted by Crippen LogP contribution is -2.35. The van der Waals surface area contributed by atoms with Gasteiger partial charge in [-0.25, -0.2) is 4.79 Å². The summed E-state index contributed by atoms with van der Waals surface area (Å²) >= 11 is 0. The summed E-state index contributed by atoms with van der Waals surface area (Å²) in [5.74, 6) is -0.0606. The molecule has 5 nitrogen and oxygen atoms in total. The molecule has 1 unspecified atom stereocenters. The van der Waals surface area contributed by atoms with Gasteiger partial charge in [0.1, 0.15) is 0 Å². The summed E-state index contributed by atoms with van der Waals surface area (Å²) in [4.78, 5) is 24.3. The Hall–Kier alpha value is -2.30. The number of carbonyl (C=O) groups excluding carboxylic acids is 2. The number of esters is 1. The van der Waals surface area contributed by atoms with Gasteiger partial charge >= 0.3 is 5.97 Å². The molecule has 1 aromatic carbocycles. The molecule has 1 N–H and O–H groups in total. The smallest absolute Gasteiger partial charge is 0.340 e. The Kier molecular flexibility index (Phi) is 6.62. The van der Waals surface area contributed by atoms with E-state index in [0.717, 1.165) is 30.2 Å². The second-order valence-electron chi connectivity index (χ2n) is 7.04. The third-order valence-electron chi connectivity index (χ3n) is 4.28. The molecule has 5 heteroatoms. The van der Waals surface area contributed by atoms with Crippen LogP contribution in [-0.4, -0.2) is 29.1 Å². The Bertz CT molecular complexity index is 734.